The van der Waals surface area contributed by atoms with Gasteiger partial charge in [-0.2, -0.15) is 0 Å². The smallest absolute Gasteiger partial charge is 0.289 e. The molecule has 5 heteroatoms. The number of amides is 2. The van der Waals surface area contributed by atoms with Gasteiger partial charge in [0.1, 0.15) is 6.04 Å². The molecule has 2 N–H and O–H groups in total. The van der Waals surface area contributed by atoms with Crippen LogP contribution in [-0.4, -0.2) is 30.2 Å². The van der Waals surface area contributed by atoms with Gasteiger partial charge in [0, 0.05) is 12.1 Å². The highest BCUT2D eigenvalue weighted by Crippen LogP contribution is 2.15. The molecule has 5 nitrogen and oxygen atoms in total. The maximum atomic E-state index is 12.8. The SMILES string of the molecule is CCNC(=O)C(=O)C1C/C=C/CCCCCCc2ccccc2C(=O)N1. The number of hydrogen-bond acceptors (Lipinski definition) is 3. The Balaban J connectivity index is 2.23. The Morgan fingerprint density at radius 2 is 1.88 bits per heavy atom. The van der Waals surface area contributed by atoms with Gasteiger partial charge in [-0.05, 0) is 50.7 Å². The molecule has 0 spiro atoms. The van der Waals surface area contributed by atoms with Gasteiger partial charge in [0.2, 0.25) is 5.78 Å². The minimum absolute atomic E-state index is 0.297. The first kappa shape index (κ1) is 19.9. The van der Waals surface area contributed by atoms with Gasteiger partial charge < -0.3 is 10.6 Å². The minimum Gasteiger partial charge on any atom is -0.350 e. The standard InChI is InChI=1S/C21H28N2O3/c1-2-22-21(26)19(24)18-15-9-7-5-3-4-6-8-12-16-13-10-11-14-17(16)20(25)23-18/h7,9-11,13-14,18H,2-6,8,12,15H2,1H3,(H,22,26)(H,23,25)/b9-7+. The highest BCUT2D eigenvalue weighted by molar-refractivity contribution is 6.38. The summed E-state index contributed by atoms with van der Waals surface area (Å²) in [6, 6.07) is 6.64. The number of ketones is 1. The third kappa shape index (κ3) is 5.83. The van der Waals surface area contributed by atoms with E-state index in [0.29, 0.717) is 18.5 Å². The number of nitrogens with one attached hydrogen (secondary N) is 2. The largest absolute Gasteiger partial charge is 0.350 e. The molecule has 1 unspecified atom stereocenters. The Bertz CT molecular complexity index is 667. The topological polar surface area (TPSA) is 75.3 Å². The summed E-state index contributed by atoms with van der Waals surface area (Å²) in [5.41, 5.74) is 1.57. The number of rotatable bonds is 3. The number of allylic oxidation sites excluding steroid dienone is 1. The molecule has 140 valence electrons. The molecule has 1 aromatic carbocycles. The van der Waals surface area contributed by atoms with Crippen molar-refractivity contribution in [2.45, 2.75) is 57.9 Å². The molecule has 26 heavy (non-hydrogen) atoms. The fourth-order valence-corrected chi connectivity index (χ4v) is 3.11. The number of aryl methyl sites for hydroxylation is 1. The van der Waals surface area contributed by atoms with Gasteiger partial charge in [0.25, 0.3) is 11.8 Å². The van der Waals surface area contributed by atoms with E-state index in [2.05, 4.69) is 10.6 Å². The van der Waals surface area contributed by atoms with Crippen molar-refractivity contribution in [2.75, 3.05) is 6.54 Å². The summed E-state index contributed by atoms with van der Waals surface area (Å²) < 4.78 is 0. The van der Waals surface area contributed by atoms with E-state index in [1.807, 2.05) is 30.4 Å². The summed E-state index contributed by atoms with van der Waals surface area (Å²) in [6.45, 7) is 2.14. The Labute approximate surface area is 155 Å². The second kappa shape index (κ2) is 10.5. The van der Waals surface area contributed by atoms with Crippen LogP contribution < -0.4 is 10.6 Å². The molecule has 2 rings (SSSR count). The molecule has 0 fully saturated rings. The number of likely N-dealkylation sites (N-methyl/N-ethyl adjacent to an activating group) is 1. The summed E-state index contributed by atoms with van der Waals surface area (Å²) in [5.74, 6) is -1.55. The minimum atomic E-state index is -0.846. The lowest BCUT2D eigenvalue weighted by Crippen LogP contribution is -2.47. The van der Waals surface area contributed by atoms with E-state index >= 15 is 0 Å². The van der Waals surface area contributed by atoms with Crippen molar-refractivity contribution in [3.05, 3.63) is 47.5 Å². The van der Waals surface area contributed by atoms with Gasteiger partial charge in [-0.25, -0.2) is 0 Å². The highest BCUT2D eigenvalue weighted by Gasteiger charge is 2.26. The highest BCUT2D eigenvalue weighted by atomic mass is 16.2. The Morgan fingerprint density at radius 1 is 1.12 bits per heavy atom. The first-order valence-corrected chi connectivity index (χ1v) is 9.49. The zero-order chi connectivity index (χ0) is 18.8. The number of benzene rings is 1. The summed E-state index contributed by atoms with van der Waals surface area (Å²) in [5, 5.41) is 5.28. The van der Waals surface area contributed by atoms with Crippen LogP contribution in [0.5, 0.6) is 0 Å². The second-order valence-electron chi connectivity index (χ2n) is 6.57. The van der Waals surface area contributed by atoms with E-state index in [9.17, 15) is 14.4 Å². The number of Topliss-reactive ketones (excluding diaryl/α,β-unsaturated/α-hetero) is 1. The third-order valence-electron chi connectivity index (χ3n) is 4.55. The predicted octanol–water partition coefficient (Wildman–Crippen LogP) is 2.94. The van der Waals surface area contributed by atoms with E-state index in [4.69, 9.17) is 0 Å². The lowest BCUT2D eigenvalue weighted by Gasteiger charge is -2.17. The fraction of sp³-hybridized carbons (Fsp3) is 0.476. The van der Waals surface area contributed by atoms with Crippen LogP contribution in [0.4, 0.5) is 0 Å². The van der Waals surface area contributed by atoms with Gasteiger partial charge in [-0.15, -0.1) is 0 Å². The molecule has 0 saturated heterocycles. The molecule has 0 bridgehead atoms. The third-order valence-corrected chi connectivity index (χ3v) is 4.55. The van der Waals surface area contributed by atoms with Crippen LogP contribution in [0, 0.1) is 0 Å². The molecule has 1 atom stereocenters. The first-order chi connectivity index (χ1) is 12.6. The average molecular weight is 356 g/mol. The van der Waals surface area contributed by atoms with Crippen molar-refractivity contribution in [3.63, 3.8) is 0 Å². The van der Waals surface area contributed by atoms with Crippen LogP contribution in [0.1, 0.15) is 61.4 Å². The van der Waals surface area contributed by atoms with Crippen molar-refractivity contribution in [1.82, 2.24) is 10.6 Å². The Hall–Kier alpha value is -2.43. The summed E-state index contributed by atoms with van der Waals surface area (Å²) in [7, 11) is 0. The molecule has 1 aliphatic heterocycles. The lowest BCUT2D eigenvalue weighted by atomic mass is 9.98. The Morgan fingerprint density at radius 3 is 2.69 bits per heavy atom. The number of fused-ring (bicyclic) bond motifs is 1. The average Bonchev–Trinajstić information content (AvgIpc) is 2.65. The summed E-state index contributed by atoms with van der Waals surface area (Å²) in [6.07, 6.45) is 10.5. The second-order valence-corrected chi connectivity index (χ2v) is 6.57. The van der Waals surface area contributed by atoms with Crippen LogP contribution in [0.25, 0.3) is 0 Å². The lowest BCUT2D eigenvalue weighted by molar-refractivity contribution is -0.138. The molecule has 1 aromatic rings. The monoisotopic (exact) mass is 356 g/mol. The van der Waals surface area contributed by atoms with Gasteiger partial charge in [-0.3, -0.25) is 14.4 Å². The molecular formula is C21H28N2O3. The van der Waals surface area contributed by atoms with E-state index < -0.39 is 17.7 Å². The van der Waals surface area contributed by atoms with Crippen molar-refractivity contribution in [1.29, 1.82) is 0 Å². The van der Waals surface area contributed by atoms with E-state index in [1.165, 1.54) is 0 Å². The van der Waals surface area contributed by atoms with Crippen LogP contribution in [0.3, 0.4) is 0 Å². The normalized spacial score (nSPS) is 20.2. The molecular weight excluding hydrogens is 328 g/mol. The summed E-state index contributed by atoms with van der Waals surface area (Å²) in [4.78, 5) is 37.1. The van der Waals surface area contributed by atoms with Crippen molar-refractivity contribution in [2.24, 2.45) is 0 Å². The summed E-state index contributed by atoms with van der Waals surface area (Å²) >= 11 is 0. The number of hydrogen-bond donors (Lipinski definition) is 2. The molecule has 1 heterocycles. The van der Waals surface area contributed by atoms with E-state index in [0.717, 1.165) is 44.1 Å². The quantitative estimate of drug-likeness (QED) is 0.646. The first-order valence-electron chi connectivity index (χ1n) is 9.49. The van der Waals surface area contributed by atoms with Crippen molar-refractivity contribution in [3.8, 4) is 0 Å². The zero-order valence-corrected chi connectivity index (χ0v) is 15.4. The van der Waals surface area contributed by atoms with Crippen molar-refractivity contribution < 1.29 is 14.4 Å². The maximum absolute atomic E-state index is 12.8. The maximum Gasteiger partial charge on any atom is 0.289 e. The Kier molecular flexibility index (Phi) is 8.06. The molecule has 0 radical (unpaired) electrons. The van der Waals surface area contributed by atoms with Crippen LogP contribution >= 0.6 is 0 Å². The van der Waals surface area contributed by atoms with Crippen LogP contribution in [0.2, 0.25) is 0 Å². The number of carbonyl (C=O) groups excluding carboxylic acids is 3. The van der Waals surface area contributed by atoms with Gasteiger partial charge in [0.05, 0.1) is 0 Å². The van der Waals surface area contributed by atoms with Crippen LogP contribution in [-0.2, 0) is 16.0 Å². The number of carbonyl (C=O) groups is 3. The predicted molar refractivity (Wildman–Crippen MR) is 102 cm³/mol. The van der Waals surface area contributed by atoms with Gasteiger partial charge in [-0.1, -0.05) is 43.2 Å². The fourth-order valence-electron chi connectivity index (χ4n) is 3.11. The van der Waals surface area contributed by atoms with Crippen molar-refractivity contribution >= 4 is 17.6 Å². The van der Waals surface area contributed by atoms with E-state index in [-0.39, 0.29) is 5.91 Å². The zero-order valence-electron chi connectivity index (χ0n) is 15.4. The van der Waals surface area contributed by atoms with E-state index in [1.54, 1.807) is 13.0 Å². The molecule has 0 saturated carbocycles. The molecule has 0 aliphatic carbocycles. The van der Waals surface area contributed by atoms with Crippen LogP contribution in [0.15, 0.2) is 36.4 Å². The van der Waals surface area contributed by atoms with Gasteiger partial charge >= 0.3 is 0 Å². The molecule has 1 aliphatic rings. The molecule has 0 aromatic heterocycles. The van der Waals surface area contributed by atoms with Gasteiger partial charge in [0.15, 0.2) is 0 Å². The molecule has 2 amide bonds.